The van der Waals surface area contributed by atoms with Gasteiger partial charge in [-0.3, -0.25) is 24.5 Å². The van der Waals surface area contributed by atoms with Crippen LogP contribution >= 0.6 is 0 Å². The molecule has 1 aromatic rings. The third kappa shape index (κ3) is 5.89. The van der Waals surface area contributed by atoms with E-state index in [1.165, 1.54) is 0 Å². The van der Waals surface area contributed by atoms with Crippen molar-refractivity contribution in [1.82, 2.24) is 0 Å². The number of carbonyl (C=O) groups excluding carboxylic acids is 3. The van der Waals surface area contributed by atoms with Gasteiger partial charge in [-0.1, -0.05) is 98.2 Å². The van der Waals surface area contributed by atoms with E-state index in [-0.39, 0.29) is 82.2 Å². The Hall–Kier alpha value is -3.07. The van der Waals surface area contributed by atoms with Crippen LogP contribution in [0.15, 0.2) is 41.5 Å². The number of allylic oxidation sites excluding steroid dienone is 1. The lowest BCUT2D eigenvalue weighted by Crippen LogP contribution is -2.66. The molecule has 0 unspecified atom stereocenters. The van der Waals surface area contributed by atoms with E-state index in [1.54, 1.807) is 0 Å². The monoisotopic (exact) mass is 759 g/mol. The van der Waals surface area contributed by atoms with Gasteiger partial charge in [-0.25, -0.2) is 0 Å². The van der Waals surface area contributed by atoms with Gasteiger partial charge in [0.05, 0.1) is 11.8 Å². The van der Waals surface area contributed by atoms with Crippen molar-refractivity contribution in [2.45, 2.75) is 145 Å². The molecule has 0 heterocycles. The molecule has 55 heavy (non-hydrogen) atoms. The van der Waals surface area contributed by atoms with Gasteiger partial charge in [0.25, 0.3) is 0 Å². The topological polar surface area (TPSA) is 133 Å². The molecule has 5 saturated carbocycles. The molecule has 0 amide bonds. The molecule has 302 valence electrons. The average molecular weight is 760 g/mol. The number of hydrogen-bond donors (Lipinski definition) is 1. The normalized spacial score (nSPS) is 40.5. The van der Waals surface area contributed by atoms with Crippen LogP contribution in [0, 0.1) is 78.1 Å². The van der Waals surface area contributed by atoms with Gasteiger partial charge in [-0.15, -0.1) is 0 Å². The maximum atomic E-state index is 13.9. The first-order valence-corrected chi connectivity index (χ1v) is 21.1. The predicted octanol–water partition coefficient (Wildman–Crippen LogP) is 8.92. The Morgan fingerprint density at radius 1 is 0.855 bits per heavy atom. The molecule has 0 aliphatic heterocycles. The number of hydrogen-bond acceptors (Lipinski definition) is 8. The average Bonchev–Trinajstić information content (AvgIpc) is 3.42. The molecule has 1 N–H and O–H groups in total. The standard InChI is InChI=1S/C46H65NO8/c1-27(2)37-32(48)24-46(35(49)25-47(52)53)22-21-44(8)29(38(37)46)15-16-34-43(7)19-18-36(42(5,6)33(43)17-20-45(34,44)9)55-40(51)31-23-30(41(31,3)4)39(50)54-26-28-13-11-10-12-14-28/h10-14,27,29-31,33-36,49H,15-26H2,1-9H3/t29-,30+,31-,33+,34-,35+,36+,43+,44-,45-,46+/m1/s1. The molecule has 1 aromatic carbocycles. The second-order valence-electron chi connectivity index (χ2n) is 20.9. The van der Waals surface area contributed by atoms with Gasteiger partial charge in [-0.2, -0.15) is 0 Å². The van der Waals surface area contributed by atoms with Gasteiger partial charge >= 0.3 is 11.9 Å². The number of fused-ring (bicyclic) bond motifs is 7. The first-order chi connectivity index (χ1) is 25.6. The zero-order valence-electron chi connectivity index (χ0n) is 34.7. The van der Waals surface area contributed by atoms with Crippen LogP contribution in [-0.2, 0) is 30.5 Å². The van der Waals surface area contributed by atoms with Crippen LogP contribution in [0.4, 0.5) is 0 Å². The Labute approximate surface area is 327 Å². The molecule has 0 saturated heterocycles. The van der Waals surface area contributed by atoms with Gasteiger partial charge in [-0.05, 0) is 114 Å². The zero-order chi connectivity index (χ0) is 40.1. The van der Waals surface area contributed by atoms with Crippen molar-refractivity contribution >= 4 is 17.7 Å². The summed E-state index contributed by atoms with van der Waals surface area (Å²) in [6.45, 7) is 19.8. The van der Waals surface area contributed by atoms with Crippen molar-refractivity contribution < 1.29 is 33.9 Å². The van der Waals surface area contributed by atoms with E-state index < -0.39 is 28.4 Å². The summed E-state index contributed by atoms with van der Waals surface area (Å²) in [5, 5.41) is 23.2. The van der Waals surface area contributed by atoms with Crippen LogP contribution in [0.1, 0.15) is 132 Å². The number of carbonyl (C=O) groups is 3. The maximum Gasteiger partial charge on any atom is 0.309 e. The summed E-state index contributed by atoms with van der Waals surface area (Å²) in [5.41, 5.74) is 1.06. The SMILES string of the molecule is CC(C)C1=C2[C@H]3CC[C@@H]4[C@@]5(C)CC[C@H](OC(=O)[C@H]6C[C@@H](C(=O)OCc7ccccc7)C6(C)C)C(C)(C)[C@@H]5CC[C@@]4(C)[C@]3(C)CC[C@@]2([C@@H](O)C[N+](=O)[O-])CC1=O. The lowest BCUT2D eigenvalue weighted by Gasteiger charge is -2.72. The highest BCUT2D eigenvalue weighted by molar-refractivity contribution is 6.00. The summed E-state index contributed by atoms with van der Waals surface area (Å²) in [7, 11) is 0. The van der Waals surface area contributed by atoms with Crippen molar-refractivity contribution in [2.24, 2.45) is 68.0 Å². The number of ketones is 1. The molecule has 6 aliphatic rings. The number of Topliss-reactive ketones (excluding diaryl/α,β-unsaturated/α-hetero) is 1. The van der Waals surface area contributed by atoms with Gasteiger partial charge in [0.2, 0.25) is 6.54 Å². The molecular formula is C46H65NO8. The van der Waals surface area contributed by atoms with Crippen molar-refractivity contribution in [3.05, 3.63) is 57.2 Å². The van der Waals surface area contributed by atoms with E-state index in [1.807, 2.05) is 44.2 Å². The van der Waals surface area contributed by atoms with E-state index >= 15 is 0 Å². The Kier molecular flexibility index (Phi) is 9.86. The second kappa shape index (κ2) is 13.5. The predicted molar refractivity (Wildman–Crippen MR) is 209 cm³/mol. The zero-order valence-corrected chi connectivity index (χ0v) is 34.7. The van der Waals surface area contributed by atoms with Crippen molar-refractivity contribution in [2.75, 3.05) is 6.54 Å². The Balaban J connectivity index is 1.08. The van der Waals surface area contributed by atoms with E-state index in [4.69, 9.17) is 9.47 Å². The Morgan fingerprint density at radius 2 is 1.53 bits per heavy atom. The van der Waals surface area contributed by atoms with Crippen LogP contribution in [0.5, 0.6) is 0 Å². The summed E-state index contributed by atoms with van der Waals surface area (Å²) in [4.78, 5) is 52.1. The molecule has 6 aliphatic carbocycles. The highest BCUT2D eigenvalue weighted by Gasteiger charge is 2.71. The number of benzene rings is 1. The first kappa shape index (κ1) is 40.1. The minimum atomic E-state index is -1.18. The van der Waals surface area contributed by atoms with Crippen LogP contribution in [-0.4, -0.2) is 46.5 Å². The van der Waals surface area contributed by atoms with Crippen LogP contribution < -0.4 is 0 Å². The number of esters is 2. The number of rotatable bonds is 9. The molecular weight excluding hydrogens is 695 g/mol. The number of ether oxygens (including phenoxy) is 2. The summed E-state index contributed by atoms with van der Waals surface area (Å²) in [6, 6.07) is 9.64. The lowest BCUT2D eigenvalue weighted by atomic mass is 9.33. The molecule has 0 radical (unpaired) electrons. The molecule has 5 fully saturated rings. The number of aliphatic hydroxyl groups is 1. The Bertz CT molecular complexity index is 1770. The lowest BCUT2D eigenvalue weighted by molar-refractivity contribution is -0.494. The number of aliphatic hydroxyl groups excluding tert-OH is 1. The van der Waals surface area contributed by atoms with E-state index in [0.717, 1.165) is 61.7 Å². The molecule has 0 spiro atoms. The fourth-order valence-electron chi connectivity index (χ4n) is 14.4. The van der Waals surface area contributed by atoms with Gasteiger partial charge < -0.3 is 14.6 Å². The Morgan fingerprint density at radius 3 is 2.16 bits per heavy atom. The molecule has 11 atom stereocenters. The summed E-state index contributed by atoms with van der Waals surface area (Å²) >= 11 is 0. The third-order valence-electron chi connectivity index (χ3n) is 17.7. The smallest absolute Gasteiger partial charge is 0.309 e. The largest absolute Gasteiger partial charge is 0.462 e. The fourth-order valence-corrected chi connectivity index (χ4v) is 14.4. The quantitative estimate of drug-likeness (QED) is 0.150. The molecule has 0 bridgehead atoms. The molecule has 0 aromatic heterocycles. The minimum Gasteiger partial charge on any atom is -0.462 e. The first-order valence-electron chi connectivity index (χ1n) is 21.1. The maximum absolute atomic E-state index is 13.9. The number of nitro groups is 1. The van der Waals surface area contributed by atoms with E-state index in [0.29, 0.717) is 24.7 Å². The van der Waals surface area contributed by atoms with E-state index in [2.05, 4.69) is 48.5 Å². The summed E-state index contributed by atoms with van der Waals surface area (Å²) < 4.78 is 12.2. The minimum absolute atomic E-state index is 0.00282. The van der Waals surface area contributed by atoms with Crippen molar-refractivity contribution in [1.29, 1.82) is 0 Å². The van der Waals surface area contributed by atoms with Gasteiger partial charge in [0.15, 0.2) is 5.78 Å². The molecule has 9 nitrogen and oxygen atoms in total. The fraction of sp³-hybridized carbons (Fsp3) is 0.761. The van der Waals surface area contributed by atoms with Crippen LogP contribution in [0.25, 0.3) is 0 Å². The van der Waals surface area contributed by atoms with Gasteiger partial charge in [0.1, 0.15) is 18.8 Å². The van der Waals surface area contributed by atoms with Crippen molar-refractivity contribution in [3.8, 4) is 0 Å². The van der Waals surface area contributed by atoms with Crippen molar-refractivity contribution in [3.63, 3.8) is 0 Å². The number of nitrogens with zero attached hydrogens (tertiary/aromatic N) is 1. The van der Waals surface area contributed by atoms with Crippen LogP contribution in [0.3, 0.4) is 0 Å². The summed E-state index contributed by atoms with van der Waals surface area (Å²) in [6.07, 6.45) is 6.39. The molecule has 9 heteroatoms. The van der Waals surface area contributed by atoms with Crippen LogP contribution in [0.2, 0.25) is 0 Å². The van der Waals surface area contributed by atoms with E-state index in [9.17, 15) is 29.6 Å². The highest BCUT2D eigenvalue weighted by Crippen LogP contribution is 2.77. The van der Waals surface area contributed by atoms with Gasteiger partial charge in [0, 0.05) is 22.2 Å². The third-order valence-corrected chi connectivity index (χ3v) is 17.7. The summed E-state index contributed by atoms with van der Waals surface area (Å²) in [5.74, 6) is -0.210. The second-order valence-corrected chi connectivity index (χ2v) is 20.9. The highest BCUT2D eigenvalue weighted by atomic mass is 16.6. The molecule has 7 rings (SSSR count).